The normalized spacial score (nSPS) is 10.7. The van der Waals surface area contributed by atoms with E-state index < -0.39 is 0 Å². The lowest BCUT2D eigenvalue weighted by Crippen LogP contribution is -2.14. The molecule has 152 valence electrons. The van der Waals surface area contributed by atoms with Gasteiger partial charge in [-0.2, -0.15) is 0 Å². The lowest BCUT2D eigenvalue weighted by atomic mass is 10.1. The fourth-order valence-electron chi connectivity index (χ4n) is 2.54. The Kier molecular flexibility index (Phi) is 7.80. The zero-order valence-corrected chi connectivity index (χ0v) is 18.0. The molecular weight excluding hydrogens is 433 g/mol. The average Bonchev–Trinajstić information content (AvgIpc) is 3.17. The van der Waals surface area contributed by atoms with Crippen molar-refractivity contribution in [2.75, 3.05) is 18.2 Å². The third-order valence-corrected chi connectivity index (χ3v) is 5.36. The second kappa shape index (κ2) is 10.5. The van der Waals surface area contributed by atoms with Crippen molar-refractivity contribution in [2.45, 2.75) is 24.5 Å². The van der Waals surface area contributed by atoms with E-state index in [2.05, 4.69) is 15.5 Å². The molecule has 0 bridgehead atoms. The van der Waals surface area contributed by atoms with Crippen LogP contribution in [-0.4, -0.2) is 29.0 Å². The minimum absolute atomic E-state index is 0.131. The molecule has 0 aliphatic heterocycles. The number of thioether (sulfide) groups is 1. The van der Waals surface area contributed by atoms with Crippen LogP contribution >= 0.6 is 35.0 Å². The smallest absolute Gasteiger partial charge is 0.277 e. The van der Waals surface area contributed by atoms with Crippen LogP contribution in [0, 0.1) is 0 Å². The van der Waals surface area contributed by atoms with Crippen LogP contribution < -0.4 is 10.1 Å². The molecule has 0 saturated carbocycles. The van der Waals surface area contributed by atoms with Gasteiger partial charge in [-0.25, -0.2) is 0 Å². The minimum Gasteiger partial charge on any atom is -0.497 e. The van der Waals surface area contributed by atoms with Gasteiger partial charge in [0.2, 0.25) is 11.8 Å². The number of hydrogen-bond acceptors (Lipinski definition) is 6. The lowest BCUT2D eigenvalue weighted by Gasteiger charge is -2.06. The van der Waals surface area contributed by atoms with E-state index in [9.17, 15) is 4.79 Å². The third kappa shape index (κ3) is 6.66. The summed E-state index contributed by atoms with van der Waals surface area (Å²) in [6, 6.07) is 12.9. The van der Waals surface area contributed by atoms with E-state index in [1.165, 1.54) is 17.3 Å². The first kappa shape index (κ1) is 21.5. The summed E-state index contributed by atoms with van der Waals surface area (Å²) in [6.07, 6.45) is 2.46. The van der Waals surface area contributed by atoms with Crippen LogP contribution in [0.4, 0.5) is 5.69 Å². The molecule has 1 N–H and O–H groups in total. The molecule has 0 aliphatic carbocycles. The van der Waals surface area contributed by atoms with E-state index in [-0.39, 0.29) is 11.7 Å². The number of benzene rings is 2. The SMILES string of the molecule is COc1ccc(CCCc2nnc(SCC(=O)Nc3ccc(Cl)cc3Cl)o2)cc1. The van der Waals surface area contributed by atoms with Crippen molar-refractivity contribution in [3.05, 3.63) is 64.0 Å². The van der Waals surface area contributed by atoms with E-state index in [4.69, 9.17) is 32.4 Å². The lowest BCUT2D eigenvalue weighted by molar-refractivity contribution is -0.113. The van der Waals surface area contributed by atoms with Gasteiger partial charge in [-0.1, -0.05) is 47.1 Å². The number of ether oxygens (including phenoxy) is 1. The second-order valence-corrected chi connectivity index (χ2v) is 7.89. The van der Waals surface area contributed by atoms with Crippen LogP contribution in [-0.2, 0) is 17.6 Å². The number of nitrogens with one attached hydrogen (secondary N) is 1. The number of carbonyl (C=O) groups excluding carboxylic acids is 1. The first-order valence-electron chi connectivity index (χ1n) is 8.86. The van der Waals surface area contributed by atoms with Crippen molar-refractivity contribution in [1.29, 1.82) is 0 Å². The minimum atomic E-state index is -0.224. The Hall–Kier alpha value is -2.22. The van der Waals surface area contributed by atoms with Crippen molar-refractivity contribution in [2.24, 2.45) is 0 Å². The number of nitrogens with zero attached hydrogens (tertiary/aromatic N) is 2. The summed E-state index contributed by atoms with van der Waals surface area (Å²) in [7, 11) is 1.65. The Labute approximate surface area is 182 Å². The van der Waals surface area contributed by atoms with Gasteiger partial charge in [0.15, 0.2) is 0 Å². The van der Waals surface area contributed by atoms with Crippen LogP contribution in [0.15, 0.2) is 52.1 Å². The summed E-state index contributed by atoms with van der Waals surface area (Å²) in [4.78, 5) is 12.1. The van der Waals surface area contributed by atoms with E-state index in [0.717, 1.165) is 18.6 Å². The van der Waals surface area contributed by atoms with E-state index in [1.54, 1.807) is 25.3 Å². The number of carbonyl (C=O) groups is 1. The maximum atomic E-state index is 12.1. The van der Waals surface area contributed by atoms with E-state index in [1.807, 2.05) is 24.3 Å². The molecule has 0 spiro atoms. The highest BCUT2D eigenvalue weighted by atomic mass is 35.5. The van der Waals surface area contributed by atoms with E-state index in [0.29, 0.717) is 33.3 Å². The Balaban J connectivity index is 1.41. The van der Waals surface area contributed by atoms with Gasteiger partial charge in [-0.3, -0.25) is 4.79 Å². The van der Waals surface area contributed by atoms with Crippen LogP contribution in [0.1, 0.15) is 17.9 Å². The molecule has 0 fully saturated rings. The molecule has 1 heterocycles. The highest BCUT2D eigenvalue weighted by Crippen LogP contribution is 2.26. The molecule has 3 rings (SSSR count). The Morgan fingerprint density at radius 1 is 1.14 bits per heavy atom. The highest BCUT2D eigenvalue weighted by Gasteiger charge is 2.11. The fraction of sp³-hybridized carbons (Fsp3) is 0.250. The van der Waals surface area contributed by atoms with Gasteiger partial charge in [-0.15, -0.1) is 10.2 Å². The number of aromatic nitrogens is 2. The standard InChI is InChI=1S/C20H19Cl2N3O3S/c1-27-15-8-5-13(6-9-15)3-2-4-19-24-25-20(28-19)29-12-18(26)23-17-10-7-14(21)11-16(17)22/h5-11H,2-4,12H2,1H3,(H,23,26). The van der Waals surface area contributed by atoms with Gasteiger partial charge in [0.25, 0.3) is 5.22 Å². The number of halogens is 2. The molecule has 3 aromatic rings. The summed E-state index contributed by atoms with van der Waals surface area (Å²) in [5.74, 6) is 1.31. The van der Waals surface area contributed by atoms with Gasteiger partial charge in [0.05, 0.1) is 23.6 Å². The first-order chi connectivity index (χ1) is 14.0. The summed E-state index contributed by atoms with van der Waals surface area (Å²) >= 11 is 13.1. The van der Waals surface area contributed by atoms with Crippen molar-refractivity contribution in [3.63, 3.8) is 0 Å². The number of hydrogen-bond donors (Lipinski definition) is 1. The topological polar surface area (TPSA) is 77.2 Å². The number of aryl methyl sites for hydroxylation is 2. The number of rotatable bonds is 9. The molecular formula is C20H19Cl2N3O3S. The van der Waals surface area contributed by atoms with Gasteiger partial charge in [-0.05, 0) is 48.7 Å². The first-order valence-corrected chi connectivity index (χ1v) is 10.6. The van der Waals surface area contributed by atoms with Crippen LogP contribution in [0.5, 0.6) is 5.75 Å². The molecule has 1 amide bonds. The maximum absolute atomic E-state index is 12.1. The monoisotopic (exact) mass is 451 g/mol. The molecule has 0 aliphatic rings. The number of amides is 1. The molecule has 1 aromatic heterocycles. The average molecular weight is 452 g/mol. The van der Waals surface area contributed by atoms with Gasteiger partial charge in [0, 0.05) is 11.4 Å². The molecule has 29 heavy (non-hydrogen) atoms. The van der Waals surface area contributed by atoms with Crippen LogP contribution in [0.3, 0.4) is 0 Å². The molecule has 0 saturated heterocycles. The van der Waals surface area contributed by atoms with Crippen molar-refractivity contribution >= 4 is 46.6 Å². The molecule has 0 radical (unpaired) electrons. The third-order valence-electron chi connectivity index (χ3n) is 4.00. The maximum Gasteiger partial charge on any atom is 0.277 e. The van der Waals surface area contributed by atoms with Crippen molar-refractivity contribution in [1.82, 2.24) is 10.2 Å². The number of anilines is 1. The van der Waals surface area contributed by atoms with Gasteiger partial charge < -0.3 is 14.5 Å². The predicted octanol–water partition coefficient (Wildman–Crippen LogP) is 5.29. The zero-order valence-electron chi connectivity index (χ0n) is 15.7. The molecule has 2 aromatic carbocycles. The van der Waals surface area contributed by atoms with Gasteiger partial charge >= 0.3 is 0 Å². The van der Waals surface area contributed by atoms with E-state index >= 15 is 0 Å². The number of methoxy groups -OCH3 is 1. The fourth-order valence-corrected chi connectivity index (χ4v) is 3.57. The Bertz CT molecular complexity index is 964. The summed E-state index contributed by atoms with van der Waals surface area (Å²) < 4.78 is 10.7. The largest absolute Gasteiger partial charge is 0.497 e. The Morgan fingerprint density at radius 2 is 1.93 bits per heavy atom. The highest BCUT2D eigenvalue weighted by molar-refractivity contribution is 7.99. The van der Waals surface area contributed by atoms with Crippen molar-refractivity contribution in [3.8, 4) is 5.75 Å². The summed E-state index contributed by atoms with van der Waals surface area (Å²) in [5, 5.41) is 12.0. The quantitative estimate of drug-likeness (QED) is 0.445. The predicted molar refractivity (Wildman–Crippen MR) is 115 cm³/mol. The molecule has 9 heteroatoms. The zero-order chi connectivity index (χ0) is 20.6. The second-order valence-electron chi connectivity index (χ2n) is 6.12. The van der Waals surface area contributed by atoms with Crippen molar-refractivity contribution < 1.29 is 13.9 Å². The molecule has 6 nitrogen and oxygen atoms in total. The summed E-state index contributed by atoms with van der Waals surface area (Å²) in [5.41, 5.74) is 1.73. The van der Waals surface area contributed by atoms with Crippen LogP contribution in [0.2, 0.25) is 10.0 Å². The van der Waals surface area contributed by atoms with Gasteiger partial charge in [0.1, 0.15) is 5.75 Å². The van der Waals surface area contributed by atoms with Crippen LogP contribution in [0.25, 0.3) is 0 Å². The molecule has 0 atom stereocenters. The summed E-state index contributed by atoms with van der Waals surface area (Å²) in [6.45, 7) is 0. The molecule has 0 unspecified atom stereocenters. The Morgan fingerprint density at radius 3 is 2.66 bits per heavy atom.